The average molecular weight is 280 g/mol. The predicted octanol–water partition coefficient (Wildman–Crippen LogP) is 3.71. The molecule has 0 spiro atoms. The first-order valence-corrected chi connectivity index (χ1v) is 7.75. The molecule has 1 aliphatic carbocycles. The van der Waals surface area contributed by atoms with Gasteiger partial charge in [-0.15, -0.1) is 0 Å². The van der Waals surface area contributed by atoms with Gasteiger partial charge in [0.1, 0.15) is 0 Å². The van der Waals surface area contributed by atoms with E-state index in [9.17, 15) is 4.79 Å². The topological polar surface area (TPSA) is 65.2 Å². The molecule has 1 aromatic heterocycles. The van der Waals surface area contributed by atoms with Crippen LogP contribution in [-0.2, 0) is 4.74 Å². The van der Waals surface area contributed by atoms with Crippen LogP contribution in [0, 0.1) is 5.92 Å². The van der Waals surface area contributed by atoms with Gasteiger partial charge in [-0.25, -0.2) is 4.79 Å². The fourth-order valence-electron chi connectivity index (χ4n) is 2.87. The molecular weight excluding hydrogens is 256 g/mol. The monoisotopic (exact) mass is 280 g/mol. The lowest BCUT2D eigenvalue weighted by Crippen LogP contribution is -2.14. The highest BCUT2D eigenvalue weighted by Crippen LogP contribution is 2.36. The molecule has 0 radical (unpaired) electrons. The van der Waals surface area contributed by atoms with Crippen molar-refractivity contribution in [1.82, 2.24) is 10.1 Å². The van der Waals surface area contributed by atoms with Crippen molar-refractivity contribution < 1.29 is 14.1 Å². The van der Waals surface area contributed by atoms with Crippen LogP contribution in [0.1, 0.15) is 81.2 Å². The Hall–Kier alpha value is -1.39. The van der Waals surface area contributed by atoms with Crippen LogP contribution in [0.4, 0.5) is 0 Å². The van der Waals surface area contributed by atoms with E-state index in [0.29, 0.717) is 18.4 Å². The minimum absolute atomic E-state index is 0.0509. The molecule has 0 bridgehead atoms. The standard InChI is InChI=1S/C15H24N2O3/c1-3-5-6-11-7-9-12(10-8-11)14-16-13(17-20-14)15(18)19-4-2/h11-12H,3-10H2,1-2H3. The van der Waals surface area contributed by atoms with Gasteiger partial charge in [0.2, 0.25) is 5.89 Å². The Labute approximate surface area is 120 Å². The van der Waals surface area contributed by atoms with Crippen molar-refractivity contribution in [2.45, 2.75) is 64.7 Å². The van der Waals surface area contributed by atoms with Crippen molar-refractivity contribution in [3.8, 4) is 0 Å². The smallest absolute Gasteiger partial charge is 0.379 e. The van der Waals surface area contributed by atoms with Gasteiger partial charge >= 0.3 is 5.97 Å². The normalized spacial score (nSPS) is 22.7. The highest BCUT2D eigenvalue weighted by atomic mass is 16.5. The summed E-state index contributed by atoms with van der Waals surface area (Å²) in [6.45, 7) is 4.32. The third-order valence-corrected chi connectivity index (χ3v) is 4.06. The number of nitrogens with zero attached hydrogens (tertiary/aromatic N) is 2. The third-order valence-electron chi connectivity index (χ3n) is 4.06. The zero-order chi connectivity index (χ0) is 14.4. The van der Waals surface area contributed by atoms with E-state index in [1.807, 2.05) is 0 Å². The van der Waals surface area contributed by atoms with Gasteiger partial charge in [-0.05, 0) is 43.7 Å². The fraction of sp³-hybridized carbons (Fsp3) is 0.800. The van der Waals surface area contributed by atoms with Gasteiger partial charge in [0, 0.05) is 5.92 Å². The summed E-state index contributed by atoms with van der Waals surface area (Å²) in [4.78, 5) is 15.7. The fourth-order valence-corrected chi connectivity index (χ4v) is 2.87. The molecule has 1 saturated carbocycles. The Morgan fingerprint density at radius 3 is 2.70 bits per heavy atom. The van der Waals surface area contributed by atoms with Gasteiger partial charge in [-0.3, -0.25) is 0 Å². The van der Waals surface area contributed by atoms with E-state index in [2.05, 4.69) is 17.1 Å². The largest absolute Gasteiger partial charge is 0.460 e. The van der Waals surface area contributed by atoms with Gasteiger partial charge in [0.15, 0.2) is 0 Å². The molecule has 0 aliphatic heterocycles. The second-order valence-corrected chi connectivity index (χ2v) is 5.54. The molecular formula is C15H24N2O3. The number of rotatable bonds is 6. The van der Waals surface area contributed by atoms with Crippen LogP contribution in [0.25, 0.3) is 0 Å². The number of carbonyl (C=O) groups excluding carboxylic acids is 1. The molecule has 5 heteroatoms. The minimum atomic E-state index is -0.501. The number of esters is 1. The lowest BCUT2D eigenvalue weighted by Gasteiger charge is -2.26. The quantitative estimate of drug-likeness (QED) is 0.743. The number of aromatic nitrogens is 2. The predicted molar refractivity (Wildman–Crippen MR) is 74.5 cm³/mol. The van der Waals surface area contributed by atoms with Gasteiger partial charge in [0.05, 0.1) is 6.61 Å². The number of hydrogen-bond donors (Lipinski definition) is 0. The summed E-state index contributed by atoms with van der Waals surface area (Å²) in [5.74, 6) is 1.30. The van der Waals surface area contributed by atoms with E-state index in [1.165, 1.54) is 32.1 Å². The van der Waals surface area contributed by atoms with E-state index in [4.69, 9.17) is 9.26 Å². The van der Waals surface area contributed by atoms with Gasteiger partial charge in [0.25, 0.3) is 5.82 Å². The van der Waals surface area contributed by atoms with Gasteiger partial charge < -0.3 is 9.26 Å². The van der Waals surface area contributed by atoms with Crippen LogP contribution in [0.5, 0.6) is 0 Å². The zero-order valence-corrected chi connectivity index (χ0v) is 12.4. The third kappa shape index (κ3) is 3.81. The van der Waals surface area contributed by atoms with Crippen molar-refractivity contribution >= 4 is 5.97 Å². The summed E-state index contributed by atoms with van der Waals surface area (Å²) in [6.07, 6.45) is 8.54. The van der Waals surface area contributed by atoms with E-state index in [1.54, 1.807) is 6.92 Å². The Morgan fingerprint density at radius 1 is 1.30 bits per heavy atom. The van der Waals surface area contributed by atoms with Gasteiger partial charge in [-0.2, -0.15) is 4.98 Å². The molecule has 0 amide bonds. The Kier molecular flexibility index (Phi) is 5.56. The van der Waals surface area contributed by atoms with Crippen LogP contribution in [0.2, 0.25) is 0 Å². The molecule has 1 fully saturated rings. The highest BCUT2D eigenvalue weighted by molar-refractivity contribution is 5.84. The number of unbranched alkanes of at least 4 members (excludes halogenated alkanes) is 1. The summed E-state index contributed by atoms with van der Waals surface area (Å²) in [5, 5.41) is 3.72. The first kappa shape index (κ1) is 15.0. The SMILES string of the molecule is CCCCC1CCC(c2nc(C(=O)OCC)no2)CC1. The van der Waals surface area contributed by atoms with Gasteiger partial charge in [-0.1, -0.05) is 26.2 Å². The molecule has 0 atom stereocenters. The van der Waals surface area contributed by atoms with E-state index in [0.717, 1.165) is 18.8 Å². The van der Waals surface area contributed by atoms with Crippen molar-refractivity contribution in [3.63, 3.8) is 0 Å². The van der Waals surface area contributed by atoms with Crippen LogP contribution in [0.15, 0.2) is 4.52 Å². The van der Waals surface area contributed by atoms with Crippen LogP contribution >= 0.6 is 0 Å². The maximum Gasteiger partial charge on any atom is 0.379 e. The number of ether oxygens (including phenoxy) is 1. The number of hydrogen-bond acceptors (Lipinski definition) is 5. The van der Waals surface area contributed by atoms with Crippen molar-refractivity contribution in [3.05, 3.63) is 11.7 Å². The molecule has 0 N–H and O–H groups in total. The molecule has 0 aromatic carbocycles. The maximum atomic E-state index is 11.5. The van der Waals surface area contributed by atoms with Crippen LogP contribution in [-0.4, -0.2) is 22.7 Å². The molecule has 0 saturated heterocycles. The second-order valence-electron chi connectivity index (χ2n) is 5.54. The summed E-state index contributed by atoms with van der Waals surface area (Å²) in [6, 6.07) is 0. The summed E-state index contributed by atoms with van der Waals surface area (Å²) < 4.78 is 10.1. The van der Waals surface area contributed by atoms with E-state index < -0.39 is 5.97 Å². The lowest BCUT2D eigenvalue weighted by atomic mass is 9.80. The molecule has 5 nitrogen and oxygen atoms in total. The minimum Gasteiger partial charge on any atom is -0.460 e. The molecule has 1 heterocycles. The van der Waals surface area contributed by atoms with E-state index in [-0.39, 0.29) is 5.82 Å². The molecule has 2 rings (SSSR count). The second kappa shape index (κ2) is 7.41. The van der Waals surface area contributed by atoms with Crippen molar-refractivity contribution in [1.29, 1.82) is 0 Å². The van der Waals surface area contributed by atoms with Crippen LogP contribution < -0.4 is 0 Å². The van der Waals surface area contributed by atoms with E-state index >= 15 is 0 Å². The Morgan fingerprint density at radius 2 is 2.05 bits per heavy atom. The highest BCUT2D eigenvalue weighted by Gasteiger charge is 2.27. The molecule has 0 unspecified atom stereocenters. The van der Waals surface area contributed by atoms with Crippen molar-refractivity contribution in [2.24, 2.45) is 5.92 Å². The summed E-state index contributed by atoms with van der Waals surface area (Å²) in [5.41, 5.74) is 0. The van der Waals surface area contributed by atoms with Crippen LogP contribution in [0.3, 0.4) is 0 Å². The lowest BCUT2D eigenvalue weighted by molar-refractivity contribution is 0.0508. The zero-order valence-electron chi connectivity index (χ0n) is 12.4. The Bertz CT molecular complexity index is 423. The van der Waals surface area contributed by atoms with Crippen molar-refractivity contribution in [2.75, 3.05) is 6.61 Å². The first-order chi connectivity index (χ1) is 9.74. The average Bonchev–Trinajstić information content (AvgIpc) is 2.96. The molecule has 112 valence electrons. The summed E-state index contributed by atoms with van der Waals surface area (Å²) >= 11 is 0. The first-order valence-electron chi connectivity index (χ1n) is 7.75. The summed E-state index contributed by atoms with van der Waals surface area (Å²) in [7, 11) is 0. The Balaban J connectivity index is 1.86. The number of carbonyl (C=O) groups is 1. The molecule has 1 aromatic rings. The molecule has 20 heavy (non-hydrogen) atoms. The maximum absolute atomic E-state index is 11.5. The molecule has 1 aliphatic rings.